The molecule has 0 spiro atoms. The highest BCUT2D eigenvalue weighted by atomic mass is 16.5. The summed E-state index contributed by atoms with van der Waals surface area (Å²) in [5, 5.41) is 3.90. The highest BCUT2D eigenvalue weighted by Gasteiger charge is 2.08. The first kappa shape index (κ1) is 19.1. The molecule has 0 radical (unpaired) electrons. The van der Waals surface area contributed by atoms with Gasteiger partial charge in [0.2, 0.25) is 17.6 Å². The summed E-state index contributed by atoms with van der Waals surface area (Å²) in [5.74, 6) is 0.957. The van der Waals surface area contributed by atoms with Gasteiger partial charge in [0.1, 0.15) is 0 Å². The lowest BCUT2D eigenvalue weighted by Gasteiger charge is -2.15. The van der Waals surface area contributed by atoms with Gasteiger partial charge in [-0.25, -0.2) is 0 Å². The molecule has 6 nitrogen and oxygen atoms in total. The fraction of sp³-hybridized carbons (Fsp3) is 0.136. The Kier molecular flexibility index (Phi) is 5.69. The van der Waals surface area contributed by atoms with Crippen LogP contribution in [0, 0.1) is 6.92 Å². The van der Waals surface area contributed by atoms with Crippen LogP contribution in [-0.4, -0.2) is 28.0 Å². The van der Waals surface area contributed by atoms with Gasteiger partial charge in [-0.3, -0.25) is 4.79 Å². The first-order chi connectivity index (χ1) is 13.4. The second-order valence-corrected chi connectivity index (χ2v) is 6.51. The molecule has 2 N–H and O–H groups in total. The molecule has 142 valence electrons. The van der Waals surface area contributed by atoms with E-state index < -0.39 is 0 Å². The Morgan fingerprint density at radius 3 is 2.61 bits per heavy atom. The average Bonchev–Trinajstić information content (AvgIpc) is 3.12. The predicted octanol–water partition coefficient (Wildman–Crippen LogP) is 3.86. The Hall–Kier alpha value is -3.67. The lowest BCUT2D eigenvalue weighted by molar-refractivity contribution is -0.125. The van der Waals surface area contributed by atoms with Gasteiger partial charge in [-0.2, -0.15) is 4.98 Å². The van der Waals surface area contributed by atoms with Gasteiger partial charge in [0.15, 0.2) is 0 Å². The van der Waals surface area contributed by atoms with Crippen molar-refractivity contribution in [1.82, 2.24) is 15.0 Å². The van der Waals surface area contributed by atoms with E-state index >= 15 is 0 Å². The van der Waals surface area contributed by atoms with E-state index in [4.69, 9.17) is 10.3 Å². The molecule has 3 rings (SSSR count). The Bertz CT molecular complexity index is 1020. The molecule has 1 amide bonds. The molecule has 0 unspecified atom stereocenters. The first-order valence-electron chi connectivity index (χ1n) is 8.80. The first-order valence-corrected chi connectivity index (χ1v) is 8.80. The van der Waals surface area contributed by atoms with Gasteiger partial charge in [0.05, 0.1) is 0 Å². The van der Waals surface area contributed by atoms with Crippen molar-refractivity contribution in [3.05, 3.63) is 84.3 Å². The van der Waals surface area contributed by atoms with Crippen molar-refractivity contribution in [2.75, 3.05) is 12.8 Å². The van der Waals surface area contributed by atoms with Crippen LogP contribution in [0.3, 0.4) is 0 Å². The number of anilines is 1. The number of nitrogen functional groups attached to an aromatic ring is 1. The van der Waals surface area contributed by atoms with Crippen LogP contribution >= 0.6 is 0 Å². The number of aryl methyl sites for hydroxylation is 1. The monoisotopic (exact) mass is 374 g/mol. The number of allylic oxidation sites excluding steroid dienone is 2. The van der Waals surface area contributed by atoms with E-state index in [1.165, 1.54) is 6.08 Å². The van der Waals surface area contributed by atoms with Crippen molar-refractivity contribution in [2.24, 2.45) is 0 Å². The second-order valence-electron chi connectivity index (χ2n) is 6.51. The summed E-state index contributed by atoms with van der Waals surface area (Å²) in [6.07, 6.45) is 3.23. The van der Waals surface area contributed by atoms with E-state index in [0.29, 0.717) is 23.9 Å². The van der Waals surface area contributed by atoms with E-state index in [2.05, 4.69) is 16.7 Å². The van der Waals surface area contributed by atoms with Crippen LogP contribution in [-0.2, 0) is 11.3 Å². The quantitative estimate of drug-likeness (QED) is 0.402. The van der Waals surface area contributed by atoms with E-state index in [0.717, 1.165) is 22.3 Å². The van der Waals surface area contributed by atoms with Crippen LogP contribution in [0.5, 0.6) is 0 Å². The fourth-order valence-corrected chi connectivity index (χ4v) is 2.69. The van der Waals surface area contributed by atoms with Gasteiger partial charge in [0, 0.05) is 37.8 Å². The third kappa shape index (κ3) is 4.73. The van der Waals surface area contributed by atoms with Crippen molar-refractivity contribution >= 4 is 17.2 Å². The number of carbonyl (C=O) groups excluding carboxylic acids is 1. The van der Waals surface area contributed by atoms with E-state index in [9.17, 15) is 4.79 Å². The second kappa shape index (κ2) is 8.35. The van der Waals surface area contributed by atoms with Crippen LogP contribution in [0.25, 0.3) is 17.0 Å². The average molecular weight is 374 g/mol. The van der Waals surface area contributed by atoms with E-state index in [1.807, 2.05) is 48.5 Å². The number of aromatic nitrogens is 2. The van der Waals surface area contributed by atoms with Gasteiger partial charge in [-0.15, -0.1) is 0 Å². The SMILES string of the molecule is C=C(/C=C\C(=O)N(C)Cc1cccc(N)c1)c1ccc(-c2noc(C)n2)cc1. The third-order valence-electron chi connectivity index (χ3n) is 4.22. The summed E-state index contributed by atoms with van der Waals surface area (Å²) in [4.78, 5) is 18.2. The molecule has 2 aromatic carbocycles. The number of amides is 1. The summed E-state index contributed by atoms with van der Waals surface area (Å²) >= 11 is 0. The fourth-order valence-electron chi connectivity index (χ4n) is 2.69. The summed E-state index contributed by atoms with van der Waals surface area (Å²) in [6.45, 7) is 6.27. The minimum absolute atomic E-state index is 0.109. The number of nitrogens with two attached hydrogens (primary N) is 1. The van der Waals surface area contributed by atoms with Crippen LogP contribution in [0.15, 0.2) is 71.8 Å². The molecule has 1 heterocycles. The van der Waals surface area contributed by atoms with Crippen molar-refractivity contribution in [1.29, 1.82) is 0 Å². The van der Waals surface area contributed by atoms with Crippen molar-refractivity contribution in [3.63, 3.8) is 0 Å². The molecular weight excluding hydrogens is 352 g/mol. The van der Waals surface area contributed by atoms with E-state index in [1.54, 1.807) is 24.9 Å². The normalized spacial score (nSPS) is 10.9. The number of nitrogens with zero attached hydrogens (tertiary/aromatic N) is 3. The van der Waals surface area contributed by atoms with Gasteiger partial charge in [-0.05, 0) is 34.9 Å². The number of hydrogen-bond acceptors (Lipinski definition) is 5. The van der Waals surface area contributed by atoms with Crippen LogP contribution in [0.2, 0.25) is 0 Å². The molecule has 0 bridgehead atoms. The molecule has 0 aliphatic heterocycles. The smallest absolute Gasteiger partial charge is 0.246 e. The van der Waals surface area contributed by atoms with Crippen molar-refractivity contribution in [3.8, 4) is 11.4 Å². The molecule has 0 atom stereocenters. The number of benzene rings is 2. The van der Waals surface area contributed by atoms with Crippen molar-refractivity contribution in [2.45, 2.75) is 13.5 Å². The number of likely N-dealkylation sites (N-methyl/N-ethyl adjacent to an activating group) is 1. The highest BCUT2D eigenvalue weighted by molar-refractivity contribution is 5.90. The maximum atomic E-state index is 12.3. The zero-order chi connectivity index (χ0) is 20.1. The zero-order valence-corrected chi connectivity index (χ0v) is 15.9. The molecule has 0 aliphatic rings. The van der Waals surface area contributed by atoms with Gasteiger partial charge >= 0.3 is 0 Å². The maximum absolute atomic E-state index is 12.3. The minimum atomic E-state index is -0.109. The summed E-state index contributed by atoms with van der Waals surface area (Å²) in [5.41, 5.74) is 9.95. The molecule has 0 saturated heterocycles. The van der Waals surface area contributed by atoms with Crippen LogP contribution < -0.4 is 5.73 Å². The molecule has 28 heavy (non-hydrogen) atoms. The molecule has 0 aliphatic carbocycles. The third-order valence-corrected chi connectivity index (χ3v) is 4.22. The summed E-state index contributed by atoms with van der Waals surface area (Å²) < 4.78 is 4.99. The van der Waals surface area contributed by atoms with Crippen molar-refractivity contribution < 1.29 is 9.32 Å². The highest BCUT2D eigenvalue weighted by Crippen LogP contribution is 2.20. The summed E-state index contributed by atoms with van der Waals surface area (Å²) in [7, 11) is 1.75. The van der Waals surface area contributed by atoms with Gasteiger partial charge in [-0.1, -0.05) is 48.1 Å². The van der Waals surface area contributed by atoms with Crippen LogP contribution in [0.4, 0.5) is 5.69 Å². The summed E-state index contributed by atoms with van der Waals surface area (Å²) in [6, 6.07) is 15.1. The van der Waals surface area contributed by atoms with E-state index in [-0.39, 0.29) is 5.91 Å². The molecular formula is C22H22N4O2. The maximum Gasteiger partial charge on any atom is 0.246 e. The molecule has 1 aromatic heterocycles. The topological polar surface area (TPSA) is 85.2 Å². The standard InChI is InChI=1S/C22H22N4O2/c1-15(18-8-10-19(11-9-18)22-24-16(2)28-25-22)7-12-21(27)26(3)14-17-5-4-6-20(23)13-17/h4-13H,1,14,23H2,2-3H3/b12-7-. The Morgan fingerprint density at radius 2 is 1.96 bits per heavy atom. The molecule has 6 heteroatoms. The molecule has 0 saturated carbocycles. The predicted molar refractivity (Wildman–Crippen MR) is 110 cm³/mol. The lowest BCUT2D eigenvalue weighted by Crippen LogP contribution is -2.24. The lowest BCUT2D eigenvalue weighted by atomic mass is 10.0. The van der Waals surface area contributed by atoms with Crippen LogP contribution in [0.1, 0.15) is 17.0 Å². The van der Waals surface area contributed by atoms with Gasteiger partial charge < -0.3 is 15.2 Å². The largest absolute Gasteiger partial charge is 0.399 e. The molecule has 3 aromatic rings. The Balaban J connectivity index is 1.61. The zero-order valence-electron chi connectivity index (χ0n) is 15.9. The van der Waals surface area contributed by atoms with Gasteiger partial charge in [0.25, 0.3) is 0 Å². The Labute approximate surface area is 164 Å². The number of carbonyl (C=O) groups is 1. The number of hydrogen-bond donors (Lipinski definition) is 1. The number of rotatable bonds is 6. The minimum Gasteiger partial charge on any atom is -0.399 e. The molecule has 0 fully saturated rings. The Morgan fingerprint density at radius 1 is 1.21 bits per heavy atom.